The summed E-state index contributed by atoms with van der Waals surface area (Å²) in [5, 5.41) is 9.29. The van der Waals surface area contributed by atoms with Crippen LogP contribution in [0.25, 0.3) is 0 Å². The molecule has 4 nitrogen and oxygen atoms in total. The van der Waals surface area contributed by atoms with Gasteiger partial charge in [0.2, 0.25) is 0 Å². The highest BCUT2D eigenvalue weighted by atomic mass is 16.5. The Kier molecular flexibility index (Phi) is 4.36. The normalized spacial score (nSPS) is 17.2. The van der Waals surface area contributed by atoms with Gasteiger partial charge in [0.05, 0.1) is 19.8 Å². The Bertz CT molecular complexity index is 362. The van der Waals surface area contributed by atoms with Crippen molar-refractivity contribution in [2.75, 3.05) is 38.6 Å². The minimum Gasteiger partial charge on any atom is -0.398 e. The van der Waals surface area contributed by atoms with E-state index in [1.165, 1.54) is 0 Å². The van der Waals surface area contributed by atoms with E-state index < -0.39 is 0 Å². The molecule has 0 amide bonds. The maximum Gasteiger partial charge on any atom is 0.0685 e. The number of morpholine rings is 1. The number of ether oxygens (including phenoxy) is 1. The number of aliphatic hydroxyl groups excluding tert-OH is 1. The number of hydrogen-bond acceptors (Lipinski definition) is 4. The van der Waals surface area contributed by atoms with Gasteiger partial charge in [0.15, 0.2) is 0 Å². The van der Waals surface area contributed by atoms with E-state index in [1.807, 2.05) is 18.2 Å². The molecule has 0 unspecified atom stereocenters. The van der Waals surface area contributed by atoms with E-state index in [2.05, 4.69) is 4.90 Å². The van der Waals surface area contributed by atoms with E-state index in [1.54, 1.807) is 0 Å². The van der Waals surface area contributed by atoms with Gasteiger partial charge in [-0.1, -0.05) is 12.1 Å². The first-order valence-corrected chi connectivity index (χ1v) is 6.08. The predicted octanol–water partition coefficient (Wildman–Crippen LogP) is 0.636. The third-order valence-corrected chi connectivity index (χ3v) is 3.26. The zero-order valence-electron chi connectivity index (χ0n) is 10.1. The number of benzene rings is 1. The highest BCUT2D eigenvalue weighted by molar-refractivity contribution is 5.50. The molecule has 94 valence electrons. The standard InChI is InChI=1S/C13H20N2O2/c14-13-3-1-2-11(10-16)12(13)4-5-15-6-8-17-9-7-15/h1-3,16H,4-10,14H2. The van der Waals surface area contributed by atoms with Crippen LogP contribution in [0.5, 0.6) is 0 Å². The van der Waals surface area contributed by atoms with Crippen LogP contribution in [0, 0.1) is 0 Å². The van der Waals surface area contributed by atoms with E-state index in [0.29, 0.717) is 0 Å². The van der Waals surface area contributed by atoms with Gasteiger partial charge in [0.25, 0.3) is 0 Å². The Morgan fingerprint density at radius 1 is 1.29 bits per heavy atom. The van der Waals surface area contributed by atoms with E-state index >= 15 is 0 Å². The van der Waals surface area contributed by atoms with Crippen LogP contribution < -0.4 is 5.73 Å². The molecule has 0 aromatic heterocycles. The molecular weight excluding hydrogens is 216 g/mol. The fourth-order valence-corrected chi connectivity index (χ4v) is 2.20. The number of hydrogen-bond donors (Lipinski definition) is 2. The highest BCUT2D eigenvalue weighted by Crippen LogP contribution is 2.18. The smallest absolute Gasteiger partial charge is 0.0685 e. The molecule has 1 aliphatic rings. The van der Waals surface area contributed by atoms with Crippen molar-refractivity contribution in [2.24, 2.45) is 0 Å². The van der Waals surface area contributed by atoms with Crippen molar-refractivity contribution in [3.8, 4) is 0 Å². The van der Waals surface area contributed by atoms with Crippen molar-refractivity contribution in [2.45, 2.75) is 13.0 Å². The van der Waals surface area contributed by atoms with E-state index in [-0.39, 0.29) is 6.61 Å². The molecule has 1 aromatic rings. The molecule has 0 saturated carbocycles. The molecule has 4 heteroatoms. The molecule has 0 bridgehead atoms. The van der Waals surface area contributed by atoms with Crippen LogP contribution in [-0.4, -0.2) is 42.9 Å². The molecule has 17 heavy (non-hydrogen) atoms. The van der Waals surface area contributed by atoms with Gasteiger partial charge >= 0.3 is 0 Å². The van der Waals surface area contributed by atoms with Crippen molar-refractivity contribution in [1.29, 1.82) is 0 Å². The predicted molar refractivity (Wildman–Crippen MR) is 67.7 cm³/mol. The number of aliphatic hydroxyl groups is 1. The minimum absolute atomic E-state index is 0.0590. The van der Waals surface area contributed by atoms with Gasteiger partial charge in [-0.2, -0.15) is 0 Å². The summed E-state index contributed by atoms with van der Waals surface area (Å²) in [5.41, 5.74) is 8.77. The van der Waals surface area contributed by atoms with Gasteiger partial charge in [-0.25, -0.2) is 0 Å². The molecular formula is C13H20N2O2. The molecule has 1 saturated heterocycles. The first-order valence-electron chi connectivity index (χ1n) is 6.08. The first-order chi connectivity index (χ1) is 8.31. The van der Waals surface area contributed by atoms with Crippen LogP contribution in [0.4, 0.5) is 5.69 Å². The summed E-state index contributed by atoms with van der Waals surface area (Å²) >= 11 is 0. The van der Waals surface area contributed by atoms with Gasteiger partial charge in [0.1, 0.15) is 0 Å². The van der Waals surface area contributed by atoms with Gasteiger partial charge in [-0.3, -0.25) is 4.90 Å². The van der Waals surface area contributed by atoms with E-state index in [9.17, 15) is 5.11 Å². The Hall–Kier alpha value is -1.10. The van der Waals surface area contributed by atoms with Crippen molar-refractivity contribution >= 4 is 5.69 Å². The fraction of sp³-hybridized carbons (Fsp3) is 0.538. The summed E-state index contributed by atoms with van der Waals surface area (Å²) in [7, 11) is 0. The maximum atomic E-state index is 9.29. The lowest BCUT2D eigenvalue weighted by molar-refractivity contribution is 0.0384. The summed E-state index contributed by atoms with van der Waals surface area (Å²) in [6, 6.07) is 5.72. The van der Waals surface area contributed by atoms with Crippen molar-refractivity contribution in [3.05, 3.63) is 29.3 Å². The Labute approximate surface area is 102 Å². The van der Waals surface area contributed by atoms with Gasteiger partial charge in [-0.15, -0.1) is 0 Å². The van der Waals surface area contributed by atoms with Crippen LogP contribution in [0.3, 0.4) is 0 Å². The Morgan fingerprint density at radius 3 is 2.76 bits per heavy atom. The lowest BCUT2D eigenvalue weighted by Gasteiger charge is -2.27. The first kappa shape index (κ1) is 12.4. The summed E-state index contributed by atoms with van der Waals surface area (Å²) in [6.45, 7) is 4.64. The van der Waals surface area contributed by atoms with Crippen molar-refractivity contribution in [1.82, 2.24) is 4.90 Å². The molecule has 1 fully saturated rings. The SMILES string of the molecule is Nc1cccc(CO)c1CCN1CCOCC1. The fourth-order valence-electron chi connectivity index (χ4n) is 2.20. The molecule has 2 rings (SSSR count). The highest BCUT2D eigenvalue weighted by Gasteiger charge is 2.12. The summed E-state index contributed by atoms with van der Waals surface area (Å²) in [5.74, 6) is 0. The number of rotatable bonds is 4. The molecule has 1 aromatic carbocycles. The maximum absolute atomic E-state index is 9.29. The molecule has 0 spiro atoms. The van der Waals surface area contributed by atoms with E-state index in [4.69, 9.17) is 10.5 Å². The zero-order valence-corrected chi connectivity index (χ0v) is 10.1. The molecule has 1 aliphatic heterocycles. The van der Waals surface area contributed by atoms with Crippen LogP contribution in [0.15, 0.2) is 18.2 Å². The van der Waals surface area contributed by atoms with E-state index in [0.717, 1.165) is 56.1 Å². The number of nitrogens with two attached hydrogens (primary N) is 1. The second kappa shape index (κ2) is 6.00. The van der Waals surface area contributed by atoms with Crippen LogP contribution in [0.2, 0.25) is 0 Å². The Morgan fingerprint density at radius 2 is 2.06 bits per heavy atom. The summed E-state index contributed by atoms with van der Waals surface area (Å²) in [4.78, 5) is 2.37. The second-order valence-corrected chi connectivity index (χ2v) is 4.35. The molecule has 1 heterocycles. The van der Waals surface area contributed by atoms with Crippen LogP contribution in [0.1, 0.15) is 11.1 Å². The minimum atomic E-state index is 0.0590. The number of nitrogens with zero attached hydrogens (tertiary/aromatic N) is 1. The number of nitrogen functional groups attached to an aromatic ring is 1. The third kappa shape index (κ3) is 3.19. The topological polar surface area (TPSA) is 58.7 Å². The average Bonchev–Trinajstić information content (AvgIpc) is 2.38. The Balaban J connectivity index is 1.97. The summed E-state index contributed by atoms with van der Waals surface area (Å²) in [6.07, 6.45) is 0.891. The largest absolute Gasteiger partial charge is 0.398 e. The number of anilines is 1. The van der Waals surface area contributed by atoms with Crippen molar-refractivity contribution < 1.29 is 9.84 Å². The van der Waals surface area contributed by atoms with Crippen molar-refractivity contribution in [3.63, 3.8) is 0 Å². The molecule has 0 aliphatic carbocycles. The lowest BCUT2D eigenvalue weighted by atomic mass is 10.0. The zero-order chi connectivity index (χ0) is 12.1. The monoisotopic (exact) mass is 236 g/mol. The van der Waals surface area contributed by atoms with Gasteiger partial charge in [0, 0.05) is 25.3 Å². The second-order valence-electron chi connectivity index (χ2n) is 4.35. The average molecular weight is 236 g/mol. The summed E-state index contributed by atoms with van der Waals surface area (Å²) < 4.78 is 5.31. The molecule has 0 radical (unpaired) electrons. The molecule has 0 atom stereocenters. The van der Waals surface area contributed by atoms with Crippen LogP contribution in [-0.2, 0) is 17.8 Å². The van der Waals surface area contributed by atoms with Gasteiger partial charge in [-0.05, 0) is 23.6 Å². The third-order valence-electron chi connectivity index (χ3n) is 3.26. The van der Waals surface area contributed by atoms with Crippen LogP contribution >= 0.6 is 0 Å². The lowest BCUT2D eigenvalue weighted by Crippen LogP contribution is -2.37. The van der Waals surface area contributed by atoms with Gasteiger partial charge < -0.3 is 15.6 Å². The molecule has 3 N–H and O–H groups in total. The quantitative estimate of drug-likeness (QED) is 0.753.